The van der Waals surface area contributed by atoms with Gasteiger partial charge < -0.3 is 15.5 Å². The second-order valence-corrected chi connectivity index (χ2v) is 5.54. The first-order valence-corrected chi connectivity index (χ1v) is 7.78. The Hall–Kier alpha value is -3.26. The van der Waals surface area contributed by atoms with E-state index in [4.69, 9.17) is 5.26 Å². The van der Waals surface area contributed by atoms with Crippen LogP contribution in [-0.4, -0.2) is 19.1 Å². The van der Waals surface area contributed by atoms with Crippen LogP contribution in [0, 0.1) is 11.3 Å². The number of nitrogens with one attached hydrogen (secondary N) is 2. The Labute approximate surface area is 141 Å². The summed E-state index contributed by atoms with van der Waals surface area (Å²) in [5.74, 6) is 0. The second-order valence-electron chi connectivity index (χ2n) is 5.54. The smallest absolute Gasteiger partial charge is 0.319 e. The maximum atomic E-state index is 11.9. The summed E-state index contributed by atoms with van der Waals surface area (Å²) in [7, 11) is 0. The average molecular weight is 318 g/mol. The predicted octanol–water partition coefficient (Wildman–Crippen LogP) is 3.26. The van der Waals surface area contributed by atoms with Crippen molar-refractivity contribution in [2.45, 2.75) is 6.54 Å². The van der Waals surface area contributed by atoms with E-state index in [2.05, 4.69) is 39.8 Å². The van der Waals surface area contributed by atoms with Crippen LogP contribution in [-0.2, 0) is 6.54 Å². The molecule has 5 nitrogen and oxygen atoms in total. The van der Waals surface area contributed by atoms with Gasteiger partial charge in [-0.2, -0.15) is 5.26 Å². The van der Waals surface area contributed by atoms with Gasteiger partial charge in [0.25, 0.3) is 0 Å². The van der Waals surface area contributed by atoms with Crippen LogP contribution in [0.25, 0.3) is 0 Å². The summed E-state index contributed by atoms with van der Waals surface area (Å²) in [5.41, 5.74) is 3.45. The third kappa shape index (κ3) is 3.93. The van der Waals surface area contributed by atoms with Crippen LogP contribution in [0.1, 0.15) is 11.1 Å². The van der Waals surface area contributed by atoms with Gasteiger partial charge in [-0.3, -0.25) is 0 Å². The fourth-order valence-corrected chi connectivity index (χ4v) is 2.50. The number of hydrogen-bond acceptors (Lipinski definition) is 3. The van der Waals surface area contributed by atoms with E-state index in [0.717, 1.165) is 18.7 Å². The monoisotopic (exact) mass is 318 g/mol. The zero-order valence-corrected chi connectivity index (χ0v) is 13.2. The average Bonchev–Trinajstić information content (AvgIpc) is 3.16. The normalized spacial score (nSPS) is 12.7. The molecule has 0 saturated carbocycles. The van der Waals surface area contributed by atoms with Crippen LogP contribution < -0.4 is 15.5 Å². The number of rotatable bonds is 4. The molecule has 2 aromatic rings. The molecule has 3 rings (SSSR count). The molecule has 0 aliphatic carbocycles. The number of carbonyl (C=O) groups is 1. The van der Waals surface area contributed by atoms with E-state index >= 15 is 0 Å². The first kappa shape index (κ1) is 15.6. The lowest BCUT2D eigenvalue weighted by molar-refractivity contribution is 0.251. The maximum absolute atomic E-state index is 11.9. The molecule has 0 spiro atoms. The molecular formula is C19H18N4O. The summed E-state index contributed by atoms with van der Waals surface area (Å²) in [6, 6.07) is 16.7. The Morgan fingerprint density at radius 1 is 1.04 bits per heavy atom. The van der Waals surface area contributed by atoms with Gasteiger partial charge >= 0.3 is 6.03 Å². The van der Waals surface area contributed by atoms with Crippen molar-refractivity contribution in [1.29, 1.82) is 5.26 Å². The topological polar surface area (TPSA) is 68.2 Å². The van der Waals surface area contributed by atoms with Gasteiger partial charge in [0.1, 0.15) is 0 Å². The summed E-state index contributed by atoms with van der Waals surface area (Å²) >= 11 is 0. The number of benzene rings is 2. The van der Waals surface area contributed by atoms with Gasteiger partial charge in [0.05, 0.1) is 11.6 Å². The molecular weight excluding hydrogens is 300 g/mol. The lowest BCUT2D eigenvalue weighted by Crippen LogP contribution is -2.28. The van der Waals surface area contributed by atoms with Crippen LogP contribution in [0.5, 0.6) is 0 Å². The Morgan fingerprint density at radius 2 is 1.71 bits per heavy atom. The van der Waals surface area contributed by atoms with E-state index in [1.807, 2.05) is 18.2 Å². The van der Waals surface area contributed by atoms with E-state index in [0.29, 0.717) is 17.8 Å². The minimum Gasteiger partial charge on any atom is -0.364 e. The van der Waals surface area contributed by atoms with Crippen LogP contribution >= 0.6 is 0 Å². The molecule has 0 atom stereocenters. The molecule has 5 heteroatoms. The molecule has 0 unspecified atom stereocenters. The lowest BCUT2D eigenvalue weighted by Gasteiger charge is -2.17. The van der Waals surface area contributed by atoms with Gasteiger partial charge in [-0.15, -0.1) is 0 Å². The summed E-state index contributed by atoms with van der Waals surface area (Å²) in [6.07, 6.45) is 4.31. The lowest BCUT2D eigenvalue weighted by atomic mass is 10.2. The molecule has 120 valence electrons. The number of carbonyl (C=O) groups excluding carboxylic acids is 1. The fraction of sp³-hybridized carbons (Fsp3) is 0.158. The maximum Gasteiger partial charge on any atom is 0.319 e. The third-order valence-electron chi connectivity index (χ3n) is 3.84. The van der Waals surface area contributed by atoms with E-state index in [-0.39, 0.29) is 6.03 Å². The Balaban J connectivity index is 1.49. The largest absolute Gasteiger partial charge is 0.364 e. The molecule has 0 radical (unpaired) electrons. The van der Waals surface area contributed by atoms with Gasteiger partial charge in [0.2, 0.25) is 0 Å². The molecule has 0 fully saturated rings. The van der Waals surface area contributed by atoms with Crippen molar-refractivity contribution in [2.24, 2.45) is 0 Å². The van der Waals surface area contributed by atoms with Crippen molar-refractivity contribution in [2.75, 3.05) is 23.3 Å². The Bertz CT molecular complexity index is 765. The quantitative estimate of drug-likeness (QED) is 0.850. The number of urea groups is 1. The van der Waals surface area contributed by atoms with Gasteiger partial charge in [-0.05, 0) is 42.0 Å². The number of nitrogens with zero attached hydrogens (tertiary/aromatic N) is 2. The highest BCUT2D eigenvalue weighted by atomic mass is 16.2. The first-order chi connectivity index (χ1) is 11.7. The van der Waals surface area contributed by atoms with Crippen molar-refractivity contribution in [3.63, 3.8) is 0 Å². The molecule has 1 aliphatic rings. The zero-order chi connectivity index (χ0) is 16.8. The van der Waals surface area contributed by atoms with Gasteiger partial charge in [-0.25, -0.2) is 4.79 Å². The summed E-state index contributed by atoms with van der Waals surface area (Å²) in [5, 5.41) is 14.3. The van der Waals surface area contributed by atoms with Crippen LogP contribution in [0.15, 0.2) is 60.7 Å². The van der Waals surface area contributed by atoms with Crippen molar-refractivity contribution in [1.82, 2.24) is 5.32 Å². The number of hydrogen-bond donors (Lipinski definition) is 2. The van der Waals surface area contributed by atoms with Crippen molar-refractivity contribution >= 4 is 17.4 Å². The summed E-state index contributed by atoms with van der Waals surface area (Å²) in [6.45, 7) is 2.36. The minimum atomic E-state index is -0.271. The molecule has 1 heterocycles. The first-order valence-electron chi connectivity index (χ1n) is 7.78. The van der Waals surface area contributed by atoms with E-state index in [9.17, 15) is 4.79 Å². The SMILES string of the molecule is N#Cc1ccc(NC(=O)NCc2ccc(N3CC=CC3)cc2)cc1. The Kier molecular flexibility index (Phi) is 4.78. The molecule has 0 bridgehead atoms. The summed E-state index contributed by atoms with van der Waals surface area (Å²) in [4.78, 5) is 14.2. The Morgan fingerprint density at radius 3 is 2.33 bits per heavy atom. The van der Waals surface area contributed by atoms with Gasteiger partial charge in [0, 0.05) is 31.0 Å². The van der Waals surface area contributed by atoms with Gasteiger partial charge in [-0.1, -0.05) is 24.3 Å². The predicted molar refractivity (Wildman–Crippen MR) is 94.8 cm³/mol. The highest BCUT2D eigenvalue weighted by molar-refractivity contribution is 5.89. The van der Waals surface area contributed by atoms with E-state index < -0.39 is 0 Å². The number of nitriles is 1. The fourth-order valence-electron chi connectivity index (χ4n) is 2.50. The molecule has 2 aromatic carbocycles. The third-order valence-corrected chi connectivity index (χ3v) is 3.84. The van der Waals surface area contributed by atoms with Crippen molar-refractivity contribution in [3.8, 4) is 6.07 Å². The minimum absolute atomic E-state index is 0.271. The molecule has 0 saturated heterocycles. The number of anilines is 2. The highest BCUT2D eigenvalue weighted by Gasteiger charge is 2.07. The molecule has 2 N–H and O–H groups in total. The number of amides is 2. The van der Waals surface area contributed by atoms with E-state index in [1.54, 1.807) is 24.3 Å². The second kappa shape index (κ2) is 7.34. The highest BCUT2D eigenvalue weighted by Crippen LogP contribution is 2.17. The summed E-state index contributed by atoms with van der Waals surface area (Å²) < 4.78 is 0. The molecule has 2 amide bonds. The van der Waals surface area contributed by atoms with Crippen LogP contribution in [0.2, 0.25) is 0 Å². The van der Waals surface area contributed by atoms with Gasteiger partial charge in [0.15, 0.2) is 0 Å². The van der Waals surface area contributed by atoms with E-state index in [1.165, 1.54) is 5.69 Å². The zero-order valence-electron chi connectivity index (χ0n) is 13.2. The standard InChI is InChI=1S/C19H18N4O/c20-13-15-3-7-17(8-4-15)22-19(24)21-14-16-5-9-18(10-6-16)23-11-1-2-12-23/h1-10H,11-12,14H2,(H2,21,22,24). The molecule has 24 heavy (non-hydrogen) atoms. The van der Waals surface area contributed by atoms with Crippen LogP contribution in [0.3, 0.4) is 0 Å². The van der Waals surface area contributed by atoms with Crippen molar-refractivity contribution < 1.29 is 4.79 Å². The molecule has 1 aliphatic heterocycles. The van der Waals surface area contributed by atoms with Crippen molar-refractivity contribution in [3.05, 3.63) is 71.8 Å². The van der Waals surface area contributed by atoms with Crippen LogP contribution in [0.4, 0.5) is 16.2 Å². The molecule has 0 aromatic heterocycles.